The van der Waals surface area contributed by atoms with Gasteiger partial charge in [0.1, 0.15) is 5.54 Å². The van der Waals surface area contributed by atoms with Crippen LogP contribution in [0.5, 0.6) is 0 Å². The van der Waals surface area contributed by atoms with E-state index in [-0.39, 0.29) is 5.91 Å². The molecule has 1 saturated heterocycles. The predicted molar refractivity (Wildman–Crippen MR) is 95.0 cm³/mol. The average molecular weight is 360 g/mol. The maximum Gasteiger partial charge on any atom is 0.513 e. The van der Waals surface area contributed by atoms with Crippen molar-refractivity contribution in [1.82, 2.24) is 10.4 Å². The van der Waals surface area contributed by atoms with E-state index >= 15 is 0 Å². The van der Waals surface area contributed by atoms with Gasteiger partial charge in [-0.15, -0.1) is 0 Å². The Balaban J connectivity index is 2.10. The molecule has 2 heterocycles. The predicted octanol–water partition coefficient (Wildman–Crippen LogP) is 2.32. The van der Waals surface area contributed by atoms with Crippen LogP contribution in [0.3, 0.4) is 0 Å². The van der Waals surface area contributed by atoms with Gasteiger partial charge in [-0.05, 0) is 37.8 Å². The molecule has 7 nitrogen and oxygen atoms in total. The fourth-order valence-corrected chi connectivity index (χ4v) is 3.61. The summed E-state index contributed by atoms with van der Waals surface area (Å²) in [7, 11) is 2.87. The maximum absolute atomic E-state index is 12.9. The van der Waals surface area contributed by atoms with Crippen LogP contribution < -0.4 is 5.32 Å². The molecule has 2 aliphatic heterocycles. The fraction of sp³-hybridized carbons (Fsp3) is 0.474. The van der Waals surface area contributed by atoms with Crippen LogP contribution in [-0.2, 0) is 19.1 Å². The number of rotatable bonds is 3. The maximum atomic E-state index is 12.9. The molecule has 3 rings (SSSR count). The summed E-state index contributed by atoms with van der Waals surface area (Å²) < 4.78 is 10.2. The minimum absolute atomic E-state index is 0.233. The summed E-state index contributed by atoms with van der Waals surface area (Å²) in [5.41, 5.74) is 2.41. The van der Waals surface area contributed by atoms with E-state index in [1.165, 1.54) is 7.11 Å². The van der Waals surface area contributed by atoms with Gasteiger partial charge in [0.15, 0.2) is 5.76 Å². The molecule has 0 bridgehead atoms. The summed E-state index contributed by atoms with van der Waals surface area (Å²) in [4.78, 5) is 30.1. The number of hydrogen-bond acceptors (Lipinski definition) is 6. The first-order valence-electron chi connectivity index (χ1n) is 8.60. The number of ether oxygens (including phenoxy) is 2. The van der Waals surface area contributed by atoms with Crippen LogP contribution in [0.2, 0.25) is 0 Å². The molecule has 140 valence electrons. The molecular formula is C19H24N2O5. The molecule has 2 aliphatic rings. The summed E-state index contributed by atoms with van der Waals surface area (Å²) in [6.45, 7) is 5.13. The minimum atomic E-state index is -0.826. The Morgan fingerprint density at radius 2 is 1.88 bits per heavy atom. The van der Waals surface area contributed by atoms with Gasteiger partial charge in [-0.2, -0.15) is 5.06 Å². The van der Waals surface area contributed by atoms with Crippen molar-refractivity contribution in [3.8, 4) is 0 Å². The lowest BCUT2D eigenvalue weighted by molar-refractivity contribution is -0.152. The van der Waals surface area contributed by atoms with Crippen LogP contribution in [0.15, 0.2) is 24.0 Å². The summed E-state index contributed by atoms with van der Waals surface area (Å²) in [5, 5.41) is 4.88. The first-order chi connectivity index (χ1) is 12.4. The third-order valence-corrected chi connectivity index (χ3v) is 5.09. The van der Waals surface area contributed by atoms with Crippen molar-refractivity contribution >= 4 is 17.6 Å². The average Bonchev–Trinajstić information content (AvgIpc) is 2.89. The number of carbonyl (C=O) groups excluding carboxylic acids is 2. The van der Waals surface area contributed by atoms with Crippen molar-refractivity contribution in [3.05, 3.63) is 40.6 Å². The van der Waals surface area contributed by atoms with Crippen LogP contribution >= 0.6 is 0 Å². The van der Waals surface area contributed by atoms with Crippen LogP contribution in [0.1, 0.15) is 29.5 Å². The highest BCUT2D eigenvalue weighted by Gasteiger charge is 2.50. The highest BCUT2D eigenvalue weighted by atomic mass is 16.7. The first-order valence-corrected chi connectivity index (χ1v) is 8.60. The molecule has 1 amide bonds. The molecule has 0 atom stereocenters. The van der Waals surface area contributed by atoms with Crippen molar-refractivity contribution in [2.75, 3.05) is 27.3 Å². The number of hydrogen-bond donors (Lipinski definition) is 1. The fourth-order valence-electron chi connectivity index (χ4n) is 3.61. The van der Waals surface area contributed by atoms with E-state index in [9.17, 15) is 9.59 Å². The van der Waals surface area contributed by atoms with Crippen molar-refractivity contribution < 1.29 is 23.9 Å². The second-order valence-corrected chi connectivity index (χ2v) is 6.73. The van der Waals surface area contributed by atoms with E-state index in [2.05, 4.69) is 5.32 Å². The van der Waals surface area contributed by atoms with E-state index in [0.29, 0.717) is 37.3 Å². The van der Waals surface area contributed by atoms with Crippen LogP contribution in [0.25, 0.3) is 5.57 Å². The Kier molecular flexibility index (Phi) is 5.02. The molecule has 0 aromatic heterocycles. The van der Waals surface area contributed by atoms with Crippen LogP contribution in [-0.4, -0.2) is 50.0 Å². The zero-order valence-electron chi connectivity index (χ0n) is 15.5. The molecule has 1 N–H and O–H groups in total. The molecule has 1 fully saturated rings. The van der Waals surface area contributed by atoms with Gasteiger partial charge >= 0.3 is 6.16 Å². The number of nitrogens with zero attached hydrogens (tertiary/aromatic N) is 1. The number of methoxy groups -OCH3 is 1. The van der Waals surface area contributed by atoms with Gasteiger partial charge in [-0.25, -0.2) is 4.79 Å². The minimum Gasteiger partial charge on any atom is -0.437 e. The van der Waals surface area contributed by atoms with Crippen molar-refractivity contribution in [3.63, 3.8) is 0 Å². The van der Waals surface area contributed by atoms with Gasteiger partial charge in [0.25, 0.3) is 5.91 Å². The van der Waals surface area contributed by atoms with Crippen molar-refractivity contribution in [1.29, 1.82) is 0 Å². The number of aryl methyl sites for hydroxylation is 2. The molecule has 7 heteroatoms. The Morgan fingerprint density at radius 3 is 2.50 bits per heavy atom. The van der Waals surface area contributed by atoms with E-state index < -0.39 is 11.7 Å². The van der Waals surface area contributed by atoms with Gasteiger partial charge < -0.3 is 19.6 Å². The molecule has 0 aliphatic carbocycles. The molecule has 0 saturated carbocycles. The van der Waals surface area contributed by atoms with Gasteiger partial charge in [-0.1, -0.05) is 23.8 Å². The van der Waals surface area contributed by atoms with Crippen LogP contribution in [0.4, 0.5) is 4.79 Å². The van der Waals surface area contributed by atoms with Gasteiger partial charge in [0, 0.05) is 13.1 Å². The normalized spacial score (nSPS) is 19.6. The molecule has 0 unspecified atom stereocenters. The van der Waals surface area contributed by atoms with Crippen molar-refractivity contribution in [2.24, 2.45) is 0 Å². The number of carbonyl (C=O) groups is 2. The highest BCUT2D eigenvalue weighted by molar-refractivity contribution is 6.23. The molecule has 26 heavy (non-hydrogen) atoms. The SMILES string of the molecule is COC(=O)OC1=C(c2cc(C)ccc2C)C(=O)NC12CCN(OC)CC2. The third kappa shape index (κ3) is 3.20. The summed E-state index contributed by atoms with van der Waals surface area (Å²) in [5.74, 6) is 0.113. The standard InChI is InChI=1S/C19H24N2O5/c1-12-5-6-13(2)14(11-12)15-16(26-18(23)24-3)19(20-17(15)22)7-9-21(25-4)10-8-19/h5-6,11H,7-10H2,1-4H3,(H,20,22). The number of amides is 1. The first kappa shape index (κ1) is 18.4. The number of nitrogens with one attached hydrogen (secondary N) is 1. The van der Waals surface area contributed by atoms with Gasteiger partial charge in [-0.3, -0.25) is 4.79 Å². The summed E-state index contributed by atoms with van der Waals surface area (Å²) >= 11 is 0. The Bertz CT molecular complexity index is 763. The highest BCUT2D eigenvalue weighted by Crippen LogP contribution is 2.41. The molecule has 1 aromatic rings. The molecule has 0 radical (unpaired) electrons. The third-order valence-electron chi connectivity index (χ3n) is 5.09. The van der Waals surface area contributed by atoms with E-state index in [4.69, 9.17) is 14.3 Å². The largest absolute Gasteiger partial charge is 0.513 e. The smallest absolute Gasteiger partial charge is 0.437 e. The Labute approximate surface area is 152 Å². The Hall–Kier alpha value is -2.38. The van der Waals surface area contributed by atoms with Gasteiger partial charge in [0.2, 0.25) is 0 Å². The van der Waals surface area contributed by atoms with E-state index in [1.54, 1.807) is 7.11 Å². The van der Waals surface area contributed by atoms with Crippen LogP contribution in [0, 0.1) is 13.8 Å². The molecular weight excluding hydrogens is 336 g/mol. The topological polar surface area (TPSA) is 77.1 Å². The zero-order chi connectivity index (χ0) is 18.9. The second kappa shape index (κ2) is 7.09. The second-order valence-electron chi connectivity index (χ2n) is 6.73. The number of piperidine rings is 1. The summed E-state index contributed by atoms with van der Waals surface area (Å²) in [6.07, 6.45) is 0.327. The lowest BCUT2D eigenvalue weighted by atomic mass is 9.85. The lowest BCUT2D eigenvalue weighted by Gasteiger charge is -2.38. The van der Waals surface area contributed by atoms with Crippen molar-refractivity contribution in [2.45, 2.75) is 32.2 Å². The number of benzene rings is 1. The monoisotopic (exact) mass is 360 g/mol. The quantitative estimate of drug-likeness (QED) is 0.834. The lowest BCUT2D eigenvalue weighted by Crippen LogP contribution is -2.53. The molecule has 1 spiro atoms. The summed E-state index contributed by atoms with van der Waals surface area (Å²) in [6, 6.07) is 5.88. The Morgan fingerprint density at radius 1 is 1.19 bits per heavy atom. The van der Waals surface area contributed by atoms with E-state index in [0.717, 1.165) is 16.7 Å². The zero-order valence-corrected chi connectivity index (χ0v) is 15.5. The van der Waals surface area contributed by atoms with E-state index in [1.807, 2.05) is 37.1 Å². The number of hydroxylamine groups is 2. The van der Waals surface area contributed by atoms with Gasteiger partial charge in [0.05, 0.1) is 19.8 Å². The molecule has 1 aromatic carbocycles.